The Kier molecular flexibility index (Phi) is 4.40. The van der Waals surface area contributed by atoms with E-state index in [9.17, 15) is 4.79 Å². The van der Waals surface area contributed by atoms with Gasteiger partial charge in [0.1, 0.15) is 5.60 Å². The number of benzene rings is 1. The van der Waals surface area contributed by atoms with E-state index in [0.29, 0.717) is 6.61 Å². The number of thiophene rings is 1. The topological polar surface area (TPSA) is 35.5 Å². The molecule has 0 saturated carbocycles. The summed E-state index contributed by atoms with van der Waals surface area (Å²) in [6.07, 6.45) is 0. The molecule has 2 heterocycles. The van der Waals surface area contributed by atoms with Gasteiger partial charge in [-0.05, 0) is 56.8 Å². The second-order valence-corrected chi connectivity index (χ2v) is 8.64. The summed E-state index contributed by atoms with van der Waals surface area (Å²) in [6.45, 7) is 8.10. The van der Waals surface area contributed by atoms with Crippen LogP contribution in [-0.2, 0) is 15.1 Å². The highest BCUT2D eigenvalue weighted by Gasteiger charge is 2.43. The lowest BCUT2D eigenvalue weighted by molar-refractivity contribution is -0.159. The predicted molar refractivity (Wildman–Crippen MR) is 93.4 cm³/mol. The Morgan fingerprint density at radius 1 is 1.22 bits per heavy atom. The van der Waals surface area contributed by atoms with Crippen molar-refractivity contribution >= 4 is 28.9 Å². The van der Waals surface area contributed by atoms with Gasteiger partial charge in [-0.2, -0.15) is 0 Å². The Balaban J connectivity index is 1.74. The number of ether oxygens (including phenoxy) is 2. The third kappa shape index (κ3) is 3.69. The van der Waals surface area contributed by atoms with Crippen LogP contribution in [0.15, 0.2) is 44.8 Å². The molecule has 1 aliphatic rings. The van der Waals surface area contributed by atoms with Crippen molar-refractivity contribution in [1.29, 1.82) is 0 Å². The average Bonchev–Trinajstić information content (AvgIpc) is 3.05. The van der Waals surface area contributed by atoms with Gasteiger partial charge < -0.3 is 9.47 Å². The van der Waals surface area contributed by atoms with Crippen LogP contribution in [0, 0.1) is 0 Å². The van der Waals surface area contributed by atoms with Gasteiger partial charge in [0.05, 0.1) is 10.8 Å². The molecular weight excluding hydrogens is 328 g/mol. The maximum atomic E-state index is 11.3. The van der Waals surface area contributed by atoms with Crippen LogP contribution in [0.2, 0.25) is 0 Å². The average molecular weight is 348 g/mol. The van der Waals surface area contributed by atoms with Gasteiger partial charge in [-0.25, -0.2) is 0 Å². The van der Waals surface area contributed by atoms with Crippen molar-refractivity contribution in [3.8, 4) is 0 Å². The van der Waals surface area contributed by atoms with E-state index >= 15 is 0 Å². The van der Waals surface area contributed by atoms with Gasteiger partial charge in [0, 0.05) is 10.5 Å². The van der Waals surface area contributed by atoms with Gasteiger partial charge in [-0.3, -0.25) is 4.79 Å². The fourth-order valence-electron chi connectivity index (χ4n) is 2.58. The summed E-state index contributed by atoms with van der Waals surface area (Å²) in [6, 6.07) is 9.88. The largest absolute Gasteiger partial charge is 0.347 e. The van der Waals surface area contributed by atoms with Crippen LogP contribution in [0.4, 0.5) is 0 Å². The molecule has 1 fully saturated rings. The molecule has 1 aromatic heterocycles. The number of hydrogen-bond donors (Lipinski definition) is 0. The van der Waals surface area contributed by atoms with E-state index in [1.54, 1.807) is 30.0 Å². The molecule has 3 nitrogen and oxygen atoms in total. The third-order valence-corrected chi connectivity index (χ3v) is 5.92. The highest BCUT2D eigenvalue weighted by Crippen LogP contribution is 2.42. The van der Waals surface area contributed by atoms with Crippen LogP contribution in [0.3, 0.4) is 0 Å². The van der Waals surface area contributed by atoms with E-state index in [1.807, 2.05) is 38.1 Å². The van der Waals surface area contributed by atoms with Crippen LogP contribution < -0.4 is 0 Å². The van der Waals surface area contributed by atoms with E-state index in [0.717, 1.165) is 16.0 Å². The maximum absolute atomic E-state index is 11.3. The minimum absolute atomic E-state index is 0.0916. The Bertz CT molecular complexity index is 718. The molecule has 122 valence electrons. The lowest BCUT2D eigenvalue weighted by Crippen LogP contribution is -2.27. The molecule has 1 saturated heterocycles. The summed E-state index contributed by atoms with van der Waals surface area (Å²) in [5, 5.41) is 2.14. The van der Waals surface area contributed by atoms with Crippen LogP contribution in [0.5, 0.6) is 0 Å². The highest BCUT2D eigenvalue weighted by atomic mass is 32.2. The molecule has 1 aromatic carbocycles. The zero-order valence-electron chi connectivity index (χ0n) is 13.7. The third-order valence-electron chi connectivity index (χ3n) is 3.83. The second kappa shape index (κ2) is 6.06. The van der Waals surface area contributed by atoms with Gasteiger partial charge in [-0.1, -0.05) is 23.9 Å². The van der Waals surface area contributed by atoms with Gasteiger partial charge in [0.2, 0.25) is 0 Å². The zero-order valence-corrected chi connectivity index (χ0v) is 15.3. The van der Waals surface area contributed by atoms with Crippen molar-refractivity contribution in [2.75, 3.05) is 6.61 Å². The summed E-state index contributed by atoms with van der Waals surface area (Å²) in [7, 11) is 0. The molecule has 23 heavy (non-hydrogen) atoms. The predicted octanol–water partition coefficient (Wildman–Crippen LogP) is 5.10. The molecule has 0 amide bonds. The molecule has 5 heteroatoms. The number of carbonyl (C=O) groups is 1. The highest BCUT2D eigenvalue weighted by molar-refractivity contribution is 8.01. The Morgan fingerprint density at radius 3 is 2.48 bits per heavy atom. The Hall–Kier alpha value is -1.14. The van der Waals surface area contributed by atoms with Gasteiger partial charge in [0.15, 0.2) is 11.6 Å². The first-order valence-electron chi connectivity index (χ1n) is 7.49. The summed E-state index contributed by atoms with van der Waals surface area (Å²) in [4.78, 5) is 12.4. The van der Waals surface area contributed by atoms with Crippen LogP contribution in [0.25, 0.3) is 0 Å². The zero-order chi connectivity index (χ0) is 16.7. The lowest BCUT2D eigenvalue weighted by atomic mass is 10.0. The summed E-state index contributed by atoms with van der Waals surface area (Å²) >= 11 is 3.40. The quantitative estimate of drug-likeness (QED) is 0.720. The monoisotopic (exact) mass is 348 g/mol. The van der Waals surface area contributed by atoms with E-state index in [1.165, 1.54) is 4.21 Å². The molecule has 0 aliphatic carbocycles. The molecule has 0 radical (unpaired) electrons. The van der Waals surface area contributed by atoms with Crippen molar-refractivity contribution in [3.05, 3.63) is 46.8 Å². The van der Waals surface area contributed by atoms with Crippen molar-refractivity contribution in [2.24, 2.45) is 0 Å². The van der Waals surface area contributed by atoms with E-state index in [-0.39, 0.29) is 5.78 Å². The fraction of sp³-hybridized carbons (Fsp3) is 0.389. The lowest BCUT2D eigenvalue weighted by Gasteiger charge is -2.24. The number of carbonyl (C=O) groups excluding carboxylic acids is 1. The summed E-state index contributed by atoms with van der Waals surface area (Å²) in [5.41, 5.74) is 1.50. The number of rotatable bonds is 4. The van der Waals surface area contributed by atoms with Crippen LogP contribution in [0.1, 0.15) is 43.6 Å². The van der Waals surface area contributed by atoms with Gasteiger partial charge in [0.25, 0.3) is 0 Å². The number of ketones is 1. The molecular formula is C18H20O3S2. The number of Topliss-reactive ketones (excluding diaryl/α,β-unsaturated/α-hetero) is 1. The summed E-state index contributed by atoms with van der Waals surface area (Å²) < 4.78 is 13.0. The maximum Gasteiger partial charge on any atom is 0.164 e. The molecule has 3 rings (SSSR count). The molecule has 0 unspecified atom stereocenters. The van der Waals surface area contributed by atoms with Gasteiger partial charge >= 0.3 is 0 Å². The Morgan fingerprint density at radius 2 is 1.91 bits per heavy atom. The van der Waals surface area contributed by atoms with E-state index in [2.05, 4.69) is 18.4 Å². The Labute approximate surface area is 145 Å². The molecule has 0 spiro atoms. The van der Waals surface area contributed by atoms with Crippen molar-refractivity contribution < 1.29 is 14.3 Å². The van der Waals surface area contributed by atoms with Crippen LogP contribution in [-0.4, -0.2) is 18.2 Å². The van der Waals surface area contributed by atoms with E-state index < -0.39 is 11.4 Å². The molecule has 1 aliphatic heterocycles. The second-order valence-electron chi connectivity index (χ2n) is 6.36. The smallest absolute Gasteiger partial charge is 0.164 e. The molecule has 2 aromatic rings. The molecule has 0 bridgehead atoms. The molecule has 0 N–H and O–H groups in total. The first-order valence-corrected chi connectivity index (χ1v) is 9.19. The normalized spacial score (nSPS) is 23.1. The van der Waals surface area contributed by atoms with Crippen LogP contribution >= 0.6 is 23.1 Å². The SMILES string of the molecule is CC(=O)c1ccc(Sc2cc([C@@]3(C)COC(C)(C)O3)cs2)cc1. The van der Waals surface area contributed by atoms with Crippen molar-refractivity contribution in [1.82, 2.24) is 0 Å². The minimum Gasteiger partial charge on any atom is -0.347 e. The first kappa shape index (κ1) is 16.7. The minimum atomic E-state index is -0.535. The molecule has 1 atom stereocenters. The standard InChI is InChI=1S/C18H20O3S2/c1-12(19)13-5-7-15(8-6-13)23-16-9-14(10-22-16)18(4)11-20-17(2,3)21-18/h5-10H,11H2,1-4H3/t18-/m1/s1. The van der Waals surface area contributed by atoms with Crippen molar-refractivity contribution in [2.45, 2.75) is 48.2 Å². The fourth-order valence-corrected chi connectivity index (χ4v) is 4.65. The number of hydrogen-bond acceptors (Lipinski definition) is 5. The van der Waals surface area contributed by atoms with Gasteiger partial charge in [-0.15, -0.1) is 11.3 Å². The van der Waals surface area contributed by atoms with E-state index in [4.69, 9.17) is 9.47 Å². The first-order chi connectivity index (χ1) is 10.8. The van der Waals surface area contributed by atoms with Crippen molar-refractivity contribution in [3.63, 3.8) is 0 Å². The summed E-state index contributed by atoms with van der Waals surface area (Å²) in [5.74, 6) is -0.444.